The lowest BCUT2D eigenvalue weighted by molar-refractivity contribution is -0.153. The highest BCUT2D eigenvalue weighted by Crippen LogP contribution is 2.19. The van der Waals surface area contributed by atoms with Crippen LogP contribution in [0.5, 0.6) is 0 Å². The van der Waals surface area contributed by atoms with Crippen LogP contribution >= 0.6 is 11.7 Å². The van der Waals surface area contributed by atoms with Crippen molar-refractivity contribution < 1.29 is 30.0 Å². The molecule has 0 unspecified atom stereocenters. The van der Waals surface area contributed by atoms with Crippen molar-refractivity contribution in [2.45, 2.75) is 12.2 Å². The second kappa shape index (κ2) is 4.29. The van der Waals surface area contributed by atoms with Crippen LogP contribution in [-0.2, 0) is 4.79 Å². The van der Waals surface area contributed by atoms with Crippen molar-refractivity contribution in [2.24, 2.45) is 0 Å². The van der Waals surface area contributed by atoms with Gasteiger partial charge >= 0.3 is 11.9 Å². The number of hydrogen-bond acceptors (Lipinski definition) is 7. The van der Waals surface area contributed by atoms with Gasteiger partial charge in [-0.3, -0.25) is 0 Å². The Bertz CT molecular complexity index is 391. The molecular weight excluding hydrogens is 228 g/mol. The molecular formula is C6H6N2O6S. The smallest absolute Gasteiger partial charge is 0.357 e. The number of carboxylic acids is 2. The van der Waals surface area contributed by atoms with Crippen molar-refractivity contribution in [3.05, 3.63) is 11.4 Å². The molecule has 8 nitrogen and oxygen atoms in total. The number of carboxylic acid groups (broad SMARTS) is 2. The molecule has 0 aliphatic carbocycles. The van der Waals surface area contributed by atoms with E-state index in [1.165, 1.54) is 0 Å². The maximum absolute atomic E-state index is 10.5. The van der Waals surface area contributed by atoms with E-state index in [4.69, 9.17) is 15.3 Å². The maximum Gasteiger partial charge on any atom is 0.357 e. The normalized spacial score (nSPS) is 14.5. The average molecular weight is 234 g/mol. The number of hydrogen-bond donors (Lipinski definition) is 4. The first-order valence-electron chi connectivity index (χ1n) is 3.59. The lowest BCUT2D eigenvalue weighted by atomic mass is 10.1. The zero-order valence-corrected chi connectivity index (χ0v) is 7.88. The molecule has 0 radical (unpaired) electrons. The van der Waals surface area contributed by atoms with E-state index >= 15 is 0 Å². The Morgan fingerprint density at radius 3 is 2.27 bits per heavy atom. The Morgan fingerprint density at radius 2 is 1.80 bits per heavy atom. The molecule has 0 amide bonds. The van der Waals surface area contributed by atoms with E-state index in [-0.39, 0.29) is 0 Å². The third kappa shape index (κ3) is 2.26. The van der Waals surface area contributed by atoms with Gasteiger partial charge in [0.1, 0.15) is 11.8 Å². The molecule has 9 heteroatoms. The molecule has 15 heavy (non-hydrogen) atoms. The Balaban J connectivity index is 3.00. The largest absolute Gasteiger partial charge is 0.479 e. The van der Waals surface area contributed by atoms with Crippen LogP contribution in [0.2, 0.25) is 0 Å². The maximum atomic E-state index is 10.5. The Morgan fingerprint density at radius 1 is 1.20 bits per heavy atom. The Labute approximate surface area is 86.8 Å². The minimum absolute atomic E-state index is 0.456. The molecule has 1 heterocycles. The zero-order valence-electron chi connectivity index (χ0n) is 7.06. The lowest BCUT2D eigenvalue weighted by Crippen LogP contribution is -2.28. The van der Waals surface area contributed by atoms with E-state index < -0.39 is 35.5 Å². The van der Waals surface area contributed by atoms with Crippen LogP contribution in [0.1, 0.15) is 22.3 Å². The van der Waals surface area contributed by atoms with Crippen molar-refractivity contribution in [1.82, 2.24) is 8.75 Å². The number of aliphatic carboxylic acids is 1. The second-order valence-corrected chi connectivity index (χ2v) is 3.06. The van der Waals surface area contributed by atoms with Crippen LogP contribution in [0.25, 0.3) is 0 Å². The summed E-state index contributed by atoms with van der Waals surface area (Å²) in [6.07, 6.45) is -4.04. The van der Waals surface area contributed by atoms with E-state index in [1.807, 2.05) is 0 Å². The molecule has 0 bridgehead atoms. The summed E-state index contributed by atoms with van der Waals surface area (Å²) < 4.78 is 6.76. The van der Waals surface area contributed by atoms with Crippen molar-refractivity contribution in [3.8, 4) is 0 Å². The molecule has 0 saturated heterocycles. The van der Waals surface area contributed by atoms with Crippen molar-refractivity contribution in [2.75, 3.05) is 0 Å². The quantitative estimate of drug-likeness (QED) is 0.504. The molecule has 0 spiro atoms. The van der Waals surface area contributed by atoms with Crippen LogP contribution < -0.4 is 0 Å². The minimum atomic E-state index is -2.13. The molecule has 2 atom stereocenters. The van der Waals surface area contributed by atoms with Gasteiger partial charge in [0.15, 0.2) is 11.8 Å². The average Bonchev–Trinajstić information content (AvgIpc) is 2.63. The molecule has 0 aromatic carbocycles. The van der Waals surface area contributed by atoms with Gasteiger partial charge in [0, 0.05) is 0 Å². The van der Waals surface area contributed by atoms with Gasteiger partial charge in [-0.15, -0.1) is 0 Å². The monoisotopic (exact) mass is 234 g/mol. The molecule has 82 valence electrons. The van der Waals surface area contributed by atoms with Gasteiger partial charge in [0.2, 0.25) is 0 Å². The van der Waals surface area contributed by atoms with Crippen LogP contribution in [0, 0.1) is 0 Å². The van der Waals surface area contributed by atoms with E-state index in [2.05, 4.69) is 8.75 Å². The van der Waals surface area contributed by atoms with Gasteiger partial charge < -0.3 is 20.4 Å². The molecule has 4 N–H and O–H groups in total. The molecule has 1 aromatic rings. The van der Waals surface area contributed by atoms with Crippen molar-refractivity contribution in [3.63, 3.8) is 0 Å². The van der Waals surface area contributed by atoms with Crippen LogP contribution in [0.3, 0.4) is 0 Å². The first kappa shape index (κ1) is 11.5. The molecule has 0 aliphatic heterocycles. The summed E-state index contributed by atoms with van der Waals surface area (Å²) in [5, 5.41) is 35.2. The van der Waals surface area contributed by atoms with Gasteiger partial charge in [-0.25, -0.2) is 9.59 Å². The fraction of sp³-hybridized carbons (Fsp3) is 0.333. The van der Waals surface area contributed by atoms with E-state index in [0.717, 1.165) is 0 Å². The fourth-order valence-electron chi connectivity index (χ4n) is 0.822. The summed E-state index contributed by atoms with van der Waals surface area (Å²) in [4.78, 5) is 20.9. The summed E-state index contributed by atoms with van der Waals surface area (Å²) >= 11 is 0.507. The summed E-state index contributed by atoms with van der Waals surface area (Å²) in [6, 6.07) is 0. The predicted molar refractivity (Wildman–Crippen MR) is 45.5 cm³/mol. The van der Waals surface area contributed by atoms with E-state index in [1.54, 1.807) is 0 Å². The Kier molecular flexibility index (Phi) is 3.29. The number of aromatic nitrogens is 2. The molecule has 1 aromatic heterocycles. The highest BCUT2D eigenvalue weighted by Gasteiger charge is 2.31. The van der Waals surface area contributed by atoms with Gasteiger partial charge in [-0.2, -0.15) is 8.75 Å². The number of aliphatic hydroxyl groups is 2. The lowest BCUT2D eigenvalue weighted by Gasteiger charge is -2.11. The van der Waals surface area contributed by atoms with Crippen LogP contribution in [0.15, 0.2) is 0 Å². The third-order valence-electron chi connectivity index (χ3n) is 1.55. The number of carbonyl (C=O) groups is 2. The summed E-state index contributed by atoms with van der Waals surface area (Å²) in [6.45, 7) is 0. The molecule has 1 rings (SSSR count). The summed E-state index contributed by atoms with van der Waals surface area (Å²) in [5.74, 6) is -3.12. The van der Waals surface area contributed by atoms with Crippen molar-refractivity contribution >= 4 is 23.7 Å². The minimum Gasteiger partial charge on any atom is -0.479 e. The number of aliphatic hydroxyl groups excluding tert-OH is 2. The highest BCUT2D eigenvalue weighted by atomic mass is 32.1. The molecule has 0 fully saturated rings. The van der Waals surface area contributed by atoms with E-state index in [9.17, 15) is 14.7 Å². The second-order valence-electron chi connectivity index (χ2n) is 2.53. The highest BCUT2D eigenvalue weighted by molar-refractivity contribution is 6.99. The topological polar surface area (TPSA) is 141 Å². The van der Waals surface area contributed by atoms with Gasteiger partial charge in [0.05, 0.1) is 11.7 Å². The number of rotatable bonds is 4. The summed E-state index contributed by atoms with van der Waals surface area (Å²) in [5.41, 5.74) is -1.02. The molecule has 0 aliphatic rings. The Hall–Kier alpha value is -1.58. The van der Waals surface area contributed by atoms with Crippen molar-refractivity contribution in [1.29, 1.82) is 0 Å². The third-order valence-corrected chi connectivity index (χ3v) is 2.09. The van der Waals surface area contributed by atoms with Gasteiger partial charge in [0.25, 0.3) is 0 Å². The number of aromatic carboxylic acids is 1. The predicted octanol–water partition coefficient (Wildman–Crippen LogP) is -1.28. The van der Waals surface area contributed by atoms with Crippen LogP contribution in [-0.4, -0.2) is 47.2 Å². The van der Waals surface area contributed by atoms with Crippen LogP contribution in [0.4, 0.5) is 0 Å². The summed E-state index contributed by atoms with van der Waals surface area (Å²) in [7, 11) is 0. The first-order valence-corrected chi connectivity index (χ1v) is 4.33. The molecule has 0 saturated carbocycles. The van der Waals surface area contributed by atoms with Gasteiger partial charge in [-0.1, -0.05) is 0 Å². The standard InChI is InChI=1S/C6H6N2O6S/c9-3(4(10)6(13)14)1-2(5(11)12)8-15-7-1/h3-4,9-10H,(H,11,12)(H,13,14)/t3-,4-/m1/s1. The first-order chi connectivity index (χ1) is 6.95. The zero-order chi connectivity index (χ0) is 11.6. The SMILES string of the molecule is O=C(O)c1nsnc1[C@@H](O)[C@@H](O)C(=O)O. The van der Waals surface area contributed by atoms with E-state index in [0.29, 0.717) is 11.7 Å². The van der Waals surface area contributed by atoms with Gasteiger partial charge in [-0.05, 0) is 0 Å². The number of nitrogens with zero attached hydrogens (tertiary/aromatic N) is 2. The fourth-order valence-corrected chi connectivity index (χ4v) is 1.40.